The zero-order chi connectivity index (χ0) is 16.0. The lowest BCUT2D eigenvalue weighted by Crippen LogP contribution is -2.33. The molecule has 1 aromatic rings. The Hall–Kier alpha value is -1.07. The van der Waals surface area contributed by atoms with Gasteiger partial charge in [-0.15, -0.1) is 0 Å². The fourth-order valence-electron chi connectivity index (χ4n) is 2.19. The molecule has 1 aromatic carbocycles. The van der Waals surface area contributed by atoms with Gasteiger partial charge in [-0.2, -0.15) is 0 Å². The molecule has 0 fully saturated rings. The normalized spacial score (nSPS) is 13.2. The largest absolute Gasteiger partial charge is 0.354 e. The van der Waals surface area contributed by atoms with E-state index in [1.807, 2.05) is 6.92 Å². The van der Waals surface area contributed by atoms with Crippen molar-refractivity contribution in [1.29, 1.82) is 0 Å². The van der Waals surface area contributed by atoms with Gasteiger partial charge in [0.05, 0.1) is 4.90 Å². The van der Waals surface area contributed by atoms with Crippen LogP contribution in [0.5, 0.6) is 0 Å². The molecule has 0 radical (unpaired) electrons. The van der Waals surface area contributed by atoms with Crippen molar-refractivity contribution in [2.24, 2.45) is 5.92 Å². The predicted octanol–water partition coefficient (Wildman–Crippen LogP) is 3.10. The summed E-state index contributed by atoms with van der Waals surface area (Å²) >= 11 is 0. The topological polar surface area (TPSA) is 63.2 Å². The average molecular weight is 332 g/mol. The molecule has 1 N–H and O–H groups in total. The van der Waals surface area contributed by atoms with Gasteiger partial charge in [0, 0.05) is 23.1 Å². The maximum Gasteiger partial charge on any atom is 0.261 e. The molecule has 1 unspecified atom stereocenters. The maximum absolute atomic E-state index is 11.8. The van der Waals surface area contributed by atoms with Crippen molar-refractivity contribution in [2.45, 2.75) is 51.0 Å². The van der Waals surface area contributed by atoms with Crippen LogP contribution in [0, 0.1) is 5.92 Å². The Morgan fingerprint density at radius 1 is 1.19 bits per heavy atom. The smallest absolute Gasteiger partial charge is 0.261 e. The Morgan fingerprint density at radius 2 is 1.76 bits per heavy atom. The molecule has 0 aromatic heterocycles. The minimum absolute atomic E-state index is 0.0113. The van der Waals surface area contributed by atoms with E-state index in [1.54, 1.807) is 12.1 Å². The van der Waals surface area contributed by atoms with Crippen molar-refractivity contribution in [3.05, 3.63) is 29.8 Å². The Kier molecular flexibility index (Phi) is 6.68. The molecule has 118 valence electrons. The highest BCUT2D eigenvalue weighted by Gasteiger charge is 2.11. The summed E-state index contributed by atoms with van der Waals surface area (Å²) in [6, 6.07) is 6.44. The van der Waals surface area contributed by atoms with E-state index in [0.717, 1.165) is 12.0 Å². The summed E-state index contributed by atoms with van der Waals surface area (Å²) in [6.45, 7) is 6.24. The van der Waals surface area contributed by atoms with Gasteiger partial charge >= 0.3 is 0 Å². The summed E-state index contributed by atoms with van der Waals surface area (Å²) in [4.78, 5) is 11.9. The Bertz CT molecular complexity index is 567. The summed E-state index contributed by atoms with van der Waals surface area (Å²) in [5.41, 5.74) is 0.908. The van der Waals surface area contributed by atoms with Crippen LogP contribution in [0.25, 0.3) is 0 Å². The number of aryl methyl sites for hydroxylation is 1. The lowest BCUT2D eigenvalue weighted by atomic mass is 10.0. The summed E-state index contributed by atoms with van der Waals surface area (Å²) in [7, 11) is 1.56. The van der Waals surface area contributed by atoms with Crippen molar-refractivity contribution in [3.63, 3.8) is 0 Å². The van der Waals surface area contributed by atoms with Gasteiger partial charge in [0.1, 0.15) is 0 Å². The molecule has 0 aliphatic heterocycles. The second kappa shape index (κ2) is 7.80. The third kappa shape index (κ3) is 6.96. The minimum atomic E-state index is -3.69. The van der Waals surface area contributed by atoms with Crippen LogP contribution in [-0.4, -0.2) is 20.4 Å². The number of benzene rings is 1. The number of halogens is 1. The van der Waals surface area contributed by atoms with Crippen LogP contribution in [0.1, 0.15) is 39.2 Å². The SMILES string of the molecule is CC(C)CC(C)NC(=O)CCc1ccc(S(=O)(=O)Cl)cc1. The van der Waals surface area contributed by atoms with Gasteiger partial charge in [-0.3, -0.25) is 4.79 Å². The molecule has 21 heavy (non-hydrogen) atoms. The van der Waals surface area contributed by atoms with E-state index < -0.39 is 9.05 Å². The zero-order valence-corrected chi connectivity index (χ0v) is 14.2. The van der Waals surface area contributed by atoms with E-state index >= 15 is 0 Å². The summed E-state index contributed by atoms with van der Waals surface area (Å²) in [5.74, 6) is 0.558. The summed E-state index contributed by atoms with van der Waals surface area (Å²) < 4.78 is 22.2. The third-order valence-corrected chi connectivity index (χ3v) is 4.45. The highest BCUT2D eigenvalue weighted by Crippen LogP contribution is 2.16. The highest BCUT2D eigenvalue weighted by atomic mass is 35.7. The first-order valence-corrected chi connectivity index (χ1v) is 9.32. The van der Waals surface area contributed by atoms with Crippen molar-refractivity contribution >= 4 is 25.6 Å². The fourth-order valence-corrected chi connectivity index (χ4v) is 2.96. The van der Waals surface area contributed by atoms with Gasteiger partial charge in [-0.25, -0.2) is 8.42 Å². The molecule has 0 spiro atoms. The number of carbonyl (C=O) groups is 1. The predicted molar refractivity (Wildman–Crippen MR) is 84.9 cm³/mol. The number of hydrogen-bond donors (Lipinski definition) is 1. The number of carbonyl (C=O) groups excluding carboxylic acids is 1. The summed E-state index contributed by atoms with van der Waals surface area (Å²) in [6.07, 6.45) is 1.91. The zero-order valence-electron chi connectivity index (χ0n) is 12.6. The average Bonchev–Trinajstić information content (AvgIpc) is 2.34. The molecule has 6 heteroatoms. The first-order valence-electron chi connectivity index (χ1n) is 7.01. The van der Waals surface area contributed by atoms with E-state index in [9.17, 15) is 13.2 Å². The van der Waals surface area contributed by atoms with Gasteiger partial charge in [-0.1, -0.05) is 26.0 Å². The second-order valence-corrected chi connectivity index (χ2v) is 8.25. The standard InChI is InChI=1S/C15H22ClNO3S/c1-11(2)10-12(3)17-15(18)9-6-13-4-7-14(8-5-13)21(16,19)20/h4-5,7-8,11-12H,6,9-10H2,1-3H3,(H,17,18). The Labute approximate surface area is 131 Å². The van der Waals surface area contributed by atoms with Gasteiger partial charge < -0.3 is 5.32 Å². The monoisotopic (exact) mass is 331 g/mol. The van der Waals surface area contributed by atoms with E-state index in [2.05, 4.69) is 19.2 Å². The van der Waals surface area contributed by atoms with Crippen LogP contribution in [0.2, 0.25) is 0 Å². The maximum atomic E-state index is 11.8. The molecular formula is C15H22ClNO3S. The first kappa shape index (κ1) is 18.0. The van der Waals surface area contributed by atoms with Gasteiger partial charge in [0.25, 0.3) is 9.05 Å². The fraction of sp³-hybridized carbons (Fsp3) is 0.533. The Balaban J connectivity index is 2.46. The third-order valence-electron chi connectivity index (χ3n) is 3.08. The molecule has 0 saturated heterocycles. The van der Waals surface area contributed by atoms with Crippen molar-refractivity contribution < 1.29 is 13.2 Å². The lowest BCUT2D eigenvalue weighted by molar-refractivity contribution is -0.121. The number of amides is 1. The number of rotatable bonds is 7. The second-order valence-electron chi connectivity index (χ2n) is 5.68. The van der Waals surface area contributed by atoms with Crippen LogP contribution in [0.4, 0.5) is 0 Å². The molecule has 0 saturated carbocycles. The van der Waals surface area contributed by atoms with E-state index in [4.69, 9.17) is 10.7 Å². The van der Waals surface area contributed by atoms with E-state index in [0.29, 0.717) is 18.8 Å². The van der Waals surface area contributed by atoms with E-state index in [-0.39, 0.29) is 16.8 Å². The van der Waals surface area contributed by atoms with Gasteiger partial charge in [-0.05, 0) is 43.4 Å². The molecule has 0 bridgehead atoms. The highest BCUT2D eigenvalue weighted by molar-refractivity contribution is 8.13. The van der Waals surface area contributed by atoms with Crippen LogP contribution in [0.3, 0.4) is 0 Å². The van der Waals surface area contributed by atoms with Crippen LogP contribution < -0.4 is 5.32 Å². The molecule has 4 nitrogen and oxygen atoms in total. The molecular weight excluding hydrogens is 310 g/mol. The minimum Gasteiger partial charge on any atom is -0.354 e. The first-order chi connectivity index (χ1) is 9.68. The van der Waals surface area contributed by atoms with Crippen LogP contribution in [-0.2, 0) is 20.3 Å². The number of nitrogens with one attached hydrogen (secondary N) is 1. The van der Waals surface area contributed by atoms with Gasteiger partial charge in [0.2, 0.25) is 5.91 Å². The molecule has 1 amide bonds. The van der Waals surface area contributed by atoms with Crippen molar-refractivity contribution in [3.8, 4) is 0 Å². The molecule has 1 rings (SSSR count). The molecule has 0 aliphatic carbocycles. The van der Waals surface area contributed by atoms with E-state index in [1.165, 1.54) is 12.1 Å². The number of hydrogen-bond acceptors (Lipinski definition) is 3. The quantitative estimate of drug-likeness (QED) is 0.781. The van der Waals surface area contributed by atoms with Crippen LogP contribution in [0.15, 0.2) is 29.2 Å². The molecule has 1 atom stereocenters. The van der Waals surface area contributed by atoms with Crippen molar-refractivity contribution in [1.82, 2.24) is 5.32 Å². The molecule has 0 aliphatic rings. The van der Waals surface area contributed by atoms with Crippen molar-refractivity contribution in [2.75, 3.05) is 0 Å². The molecule has 0 heterocycles. The Morgan fingerprint density at radius 3 is 2.24 bits per heavy atom. The van der Waals surface area contributed by atoms with Gasteiger partial charge in [0.15, 0.2) is 0 Å². The summed E-state index contributed by atoms with van der Waals surface area (Å²) in [5, 5.41) is 2.96. The van der Waals surface area contributed by atoms with Crippen LogP contribution >= 0.6 is 10.7 Å². The lowest BCUT2D eigenvalue weighted by Gasteiger charge is -2.15.